The Kier molecular flexibility index (Phi) is 3.26. The number of aromatic hydroxyl groups is 2. The van der Waals surface area contributed by atoms with E-state index in [4.69, 9.17) is 0 Å². The van der Waals surface area contributed by atoms with Crippen LogP contribution in [0, 0.1) is 0 Å². The first kappa shape index (κ1) is 10.5. The quantitative estimate of drug-likeness (QED) is 0.760. The molecule has 0 atom stereocenters. The molecule has 0 spiro atoms. The molecule has 0 heterocycles. The zero-order chi connectivity index (χ0) is 10.7. The fourth-order valence-electron chi connectivity index (χ4n) is 1.53. The standard InChI is InChI=1S/2C6H5O.Hg/c2*7-6-4-2-1-3-5-6;/h2*1-4,7H;. The van der Waals surface area contributed by atoms with Gasteiger partial charge in [0.15, 0.2) is 0 Å². The zero-order valence-corrected chi connectivity index (χ0v) is 13.7. The van der Waals surface area contributed by atoms with Crippen molar-refractivity contribution >= 4 is 6.14 Å². The summed E-state index contributed by atoms with van der Waals surface area (Å²) in [6.07, 6.45) is 0. The van der Waals surface area contributed by atoms with E-state index in [-0.39, 0.29) is 0 Å². The fourth-order valence-corrected chi connectivity index (χ4v) is 7.42. The molecule has 0 amide bonds. The van der Waals surface area contributed by atoms with Crippen molar-refractivity contribution in [3.63, 3.8) is 0 Å². The molecule has 0 saturated heterocycles. The monoisotopic (exact) mass is 388 g/mol. The molecule has 0 aliphatic rings. The predicted octanol–water partition coefficient (Wildman–Crippen LogP) is 1.13. The van der Waals surface area contributed by atoms with Crippen molar-refractivity contribution in [3.05, 3.63) is 48.5 Å². The molecule has 2 aromatic carbocycles. The maximum absolute atomic E-state index is 9.64. The van der Waals surface area contributed by atoms with Gasteiger partial charge in [-0.3, -0.25) is 0 Å². The van der Waals surface area contributed by atoms with E-state index < -0.39 is 24.6 Å². The van der Waals surface area contributed by atoms with Crippen LogP contribution in [0.2, 0.25) is 0 Å². The Labute approximate surface area is 101 Å². The second-order valence-corrected chi connectivity index (χ2v) is 10.7. The Balaban J connectivity index is 2.30. The summed E-state index contributed by atoms with van der Waals surface area (Å²) in [5, 5.41) is 19.3. The number of rotatable bonds is 2. The van der Waals surface area contributed by atoms with Gasteiger partial charge in [-0.2, -0.15) is 0 Å². The second-order valence-electron chi connectivity index (χ2n) is 3.43. The molecule has 2 nitrogen and oxygen atoms in total. The summed E-state index contributed by atoms with van der Waals surface area (Å²) < 4.78 is 2.08. The summed E-state index contributed by atoms with van der Waals surface area (Å²) in [5.41, 5.74) is 0. The zero-order valence-electron chi connectivity index (χ0n) is 8.22. The third-order valence-electron chi connectivity index (χ3n) is 2.36. The van der Waals surface area contributed by atoms with Gasteiger partial charge in [-0.15, -0.1) is 0 Å². The van der Waals surface area contributed by atoms with Gasteiger partial charge in [0.25, 0.3) is 0 Å². The second kappa shape index (κ2) is 4.66. The molecule has 72 valence electrons. The average Bonchev–Trinajstić information content (AvgIpc) is 2.24. The van der Waals surface area contributed by atoms with E-state index in [9.17, 15) is 10.2 Å². The molecule has 0 fully saturated rings. The maximum atomic E-state index is 9.64. The van der Waals surface area contributed by atoms with Crippen LogP contribution in [0.25, 0.3) is 0 Å². The molecule has 0 aliphatic carbocycles. The van der Waals surface area contributed by atoms with Gasteiger partial charge in [-0.1, -0.05) is 0 Å². The molecule has 15 heavy (non-hydrogen) atoms. The summed E-state index contributed by atoms with van der Waals surface area (Å²) in [6, 6.07) is 14.8. The van der Waals surface area contributed by atoms with E-state index in [0.29, 0.717) is 11.5 Å². The molecule has 3 heteroatoms. The number of phenolic OH excluding ortho intramolecular Hbond substituents is 2. The van der Waals surface area contributed by atoms with Crippen LogP contribution >= 0.6 is 0 Å². The van der Waals surface area contributed by atoms with E-state index in [1.807, 2.05) is 36.4 Å². The molecule has 0 saturated carbocycles. The molecule has 0 aliphatic heterocycles. The average molecular weight is 387 g/mol. The van der Waals surface area contributed by atoms with E-state index in [1.54, 1.807) is 12.1 Å². The van der Waals surface area contributed by atoms with Crippen molar-refractivity contribution < 1.29 is 34.8 Å². The first-order valence-electron chi connectivity index (χ1n) is 4.81. The molecule has 2 rings (SSSR count). The summed E-state index contributed by atoms with van der Waals surface area (Å²) in [5.74, 6) is 0.727. The van der Waals surface area contributed by atoms with Gasteiger partial charge in [0.2, 0.25) is 0 Å². The molecule has 0 radical (unpaired) electrons. The van der Waals surface area contributed by atoms with Gasteiger partial charge >= 0.3 is 101 Å². The van der Waals surface area contributed by atoms with Crippen molar-refractivity contribution in [2.24, 2.45) is 0 Å². The topological polar surface area (TPSA) is 40.5 Å². The molecule has 0 aromatic heterocycles. The van der Waals surface area contributed by atoms with Crippen molar-refractivity contribution in [2.75, 3.05) is 0 Å². The van der Waals surface area contributed by atoms with Crippen LogP contribution < -0.4 is 6.14 Å². The van der Waals surface area contributed by atoms with Gasteiger partial charge in [-0.05, 0) is 0 Å². The molecule has 0 unspecified atom stereocenters. The van der Waals surface area contributed by atoms with E-state index >= 15 is 0 Å². The van der Waals surface area contributed by atoms with Crippen LogP contribution in [0.3, 0.4) is 0 Å². The third-order valence-corrected chi connectivity index (χ3v) is 9.97. The number of hydrogen-bond acceptors (Lipinski definition) is 2. The van der Waals surface area contributed by atoms with Gasteiger partial charge in [0, 0.05) is 0 Å². The van der Waals surface area contributed by atoms with Crippen molar-refractivity contribution in [1.29, 1.82) is 0 Å². The summed E-state index contributed by atoms with van der Waals surface area (Å²) in [6.45, 7) is 0. The van der Waals surface area contributed by atoms with E-state index in [1.165, 1.54) is 0 Å². The van der Waals surface area contributed by atoms with Crippen LogP contribution in [0.4, 0.5) is 0 Å². The SMILES string of the molecule is Oc1cccc[c]1[Hg][c]1ccccc1O. The Morgan fingerprint density at radius 1 is 0.667 bits per heavy atom. The van der Waals surface area contributed by atoms with Gasteiger partial charge in [-0.25, -0.2) is 0 Å². The summed E-state index contributed by atoms with van der Waals surface area (Å²) in [4.78, 5) is 0. The van der Waals surface area contributed by atoms with Gasteiger partial charge < -0.3 is 0 Å². The van der Waals surface area contributed by atoms with E-state index in [2.05, 4.69) is 0 Å². The molecule has 0 bridgehead atoms. The normalized spacial score (nSPS) is 9.60. The van der Waals surface area contributed by atoms with Crippen LogP contribution in [-0.4, -0.2) is 10.2 Å². The molecular weight excluding hydrogens is 377 g/mol. The Morgan fingerprint density at radius 3 is 1.47 bits per heavy atom. The minimum absolute atomic E-state index is 0.363. The minimum atomic E-state index is -1.59. The van der Waals surface area contributed by atoms with Gasteiger partial charge in [0.05, 0.1) is 0 Å². The first-order valence-corrected chi connectivity index (χ1v) is 10.3. The Bertz CT molecular complexity index is 425. The number of benzene rings is 2. The number of phenols is 2. The first-order chi connectivity index (χ1) is 7.27. The molecule has 2 N–H and O–H groups in total. The van der Waals surface area contributed by atoms with Crippen molar-refractivity contribution in [3.8, 4) is 11.5 Å². The molecule has 2 aromatic rings. The Hall–Kier alpha value is -1.02. The summed E-state index contributed by atoms with van der Waals surface area (Å²) >= 11 is -1.59. The predicted molar refractivity (Wildman–Crippen MR) is 55.5 cm³/mol. The fraction of sp³-hybridized carbons (Fsp3) is 0. The number of hydrogen-bond donors (Lipinski definition) is 2. The molecular formula is C12H10HgO2. The van der Waals surface area contributed by atoms with Gasteiger partial charge in [0.1, 0.15) is 0 Å². The van der Waals surface area contributed by atoms with Crippen LogP contribution in [0.1, 0.15) is 0 Å². The van der Waals surface area contributed by atoms with Crippen LogP contribution in [0.5, 0.6) is 11.5 Å². The van der Waals surface area contributed by atoms with Crippen LogP contribution in [-0.2, 0) is 24.6 Å². The van der Waals surface area contributed by atoms with Crippen molar-refractivity contribution in [2.45, 2.75) is 0 Å². The Morgan fingerprint density at radius 2 is 1.07 bits per heavy atom. The van der Waals surface area contributed by atoms with Crippen molar-refractivity contribution in [1.82, 2.24) is 0 Å². The number of para-hydroxylation sites is 2. The third kappa shape index (κ3) is 2.51. The van der Waals surface area contributed by atoms with E-state index in [0.717, 1.165) is 6.14 Å². The summed E-state index contributed by atoms with van der Waals surface area (Å²) in [7, 11) is 0. The van der Waals surface area contributed by atoms with Crippen LogP contribution in [0.15, 0.2) is 48.5 Å².